The third-order valence-electron chi connectivity index (χ3n) is 2.73. The second-order valence-corrected chi connectivity index (χ2v) is 4.06. The first-order valence-electron chi connectivity index (χ1n) is 5.26. The third kappa shape index (κ3) is 2.44. The highest BCUT2D eigenvalue weighted by Crippen LogP contribution is 2.27. The maximum absolute atomic E-state index is 13.0. The van der Waals surface area contributed by atoms with Crippen LogP contribution in [0.5, 0.6) is 0 Å². The summed E-state index contributed by atoms with van der Waals surface area (Å²) in [6.45, 7) is -0.418. The van der Waals surface area contributed by atoms with Crippen LogP contribution in [0, 0.1) is 12.3 Å². The van der Waals surface area contributed by atoms with Gasteiger partial charge in [0, 0.05) is 24.1 Å². The van der Waals surface area contributed by atoms with Crippen LogP contribution in [0.4, 0.5) is 8.78 Å². The number of hydrogen-bond donors (Lipinski definition) is 0. The number of alkyl halides is 2. The molecule has 17 heavy (non-hydrogen) atoms. The predicted octanol–water partition coefficient (Wildman–Crippen LogP) is 2.15. The number of hydrogen-bond acceptors (Lipinski definition) is 1. The summed E-state index contributed by atoms with van der Waals surface area (Å²) in [5.41, 5.74) is 0.931. The fourth-order valence-corrected chi connectivity index (χ4v) is 1.83. The topological polar surface area (TPSA) is 20.3 Å². The maximum Gasteiger partial charge on any atom is 0.267 e. The van der Waals surface area contributed by atoms with Crippen LogP contribution in [0.25, 0.3) is 0 Å². The van der Waals surface area contributed by atoms with E-state index >= 15 is 0 Å². The Balaban J connectivity index is 2.18. The SMILES string of the molecule is C#Cc1cccc(C(=O)N2CCC(F)(F)C2)c1. The van der Waals surface area contributed by atoms with Crippen molar-refractivity contribution in [1.29, 1.82) is 0 Å². The highest BCUT2D eigenvalue weighted by molar-refractivity contribution is 5.94. The summed E-state index contributed by atoms with van der Waals surface area (Å²) in [5, 5.41) is 0. The minimum Gasteiger partial charge on any atom is -0.332 e. The maximum atomic E-state index is 13.0. The Morgan fingerprint density at radius 2 is 2.24 bits per heavy atom. The molecule has 1 saturated heterocycles. The van der Waals surface area contributed by atoms with Crippen molar-refractivity contribution in [2.24, 2.45) is 0 Å². The van der Waals surface area contributed by atoms with Gasteiger partial charge in [-0.2, -0.15) is 0 Å². The largest absolute Gasteiger partial charge is 0.332 e. The van der Waals surface area contributed by atoms with Crippen molar-refractivity contribution < 1.29 is 13.6 Å². The smallest absolute Gasteiger partial charge is 0.267 e. The van der Waals surface area contributed by atoms with E-state index in [9.17, 15) is 13.6 Å². The van der Waals surface area contributed by atoms with E-state index in [1.807, 2.05) is 0 Å². The Hall–Kier alpha value is -1.89. The van der Waals surface area contributed by atoms with Crippen molar-refractivity contribution >= 4 is 5.91 Å². The number of nitrogens with zero attached hydrogens (tertiary/aromatic N) is 1. The Kier molecular flexibility index (Phi) is 2.84. The molecule has 1 aliphatic heterocycles. The molecule has 1 heterocycles. The van der Waals surface area contributed by atoms with Gasteiger partial charge in [0.1, 0.15) is 0 Å². The molecule has 1 amide bonds. The molecule has 2 nitrogen and oxygen atoms in total. The van der Waals surface area contributed by atoms with Gasteiger partial charge in [-0.3, -0.25) is 4.79 Å². The van der Waals surface area contributed by atoms with Crippen LogP contribution in [0.1, 0.15) is 22.3 Å². The van der Waals surface area contributed by atoms with Crippen LogP contribution in [0.15, 0.2) is 24.3 Å². The lowest BCUT2D eigenvalue weighted by atomic mass is 10.1. The third-order valence-corrected chi connectivity index (χ3v) is 2.73. The van der Waals surface area contributed by atoms with Crippen LogP contribution >= 0.6 is 0 Å². The number of likely N-dealkylation sites (tertiary alicyclic amines) is 1. The lowest BCUT2D eigenvalue weighted by Gasteiger charge is -2.16. The van der Waals surface area contributed by atoms with Gasteiger partial charge in [0.15, 0.2) is 0 Å². The zero-order valence-corrected chi connectivity index (χ0v) is 9.12. The summed E-state index contributed by atoms with van der Waals surface area (Å²) in [6.07, 6.45) is 4.95. The van der Waals surface area contributed by atoms with Crippen LogP contribution in [0.2, 0.25) is 0 Å². The van der Waals surface area contributed by atoms with E-state index in [4.69, 9.17) is 6.42 Å². The highest BCUT2D eigenvalue weighted by atomic mass is 19.3. The molecule has 2 rings (SSSR count). The molecule has 0 bridgehead atoms. The van der Waals surface area contributed by atoms with E-state index in [1.54, 1.807) is 24.3 Å². The normalized spacial score (nSPS) is 17.8. The molecular formula is C13H11F2NO. The quantitative estimate of drug-likeness (QED) is 0.683. The van der Waals surface area contributed by atoms with Gasteiger partial charge in [0.2, 0.25) is 0 Å². The molecule has 0 aliphatic carbocycles. The first-order chi connectivity index (χ1) is 8.02. The predicted molar refractivity (Wildman–Crippen MR) is 59.8 cm³/mol. The fourth-order valence-electron chi connectivity index (χ4n) is 1.83. The molecule has 1 aliphatic rings. The molecule has 0 spiro atoms. The average Bonchev–Trinajstić information content (AvgIpc) is 2.69. The second-order valence-electron chi connectivity index (χ2n) is 4.06. The number of carbonyl (C=O) groups is 1. The molecule has 1 aromatic rings. The number of rotatable bonds is 1. The van der Waals surface area contributed by atoms with Crippen molar-refractivity contribution in [2.75, 3.05) is 13.1 Å². The highest BCUT2D eigenvalue weighted by Gasteiger charge is 2.40. The summed E-state index contributed by atoms with van der Waals surface area (Å²) in [5.74, 6) is -0.744. The number of carbonyl (C=O) groups excluding carboxylic acids is 1. The van der Waals surface area contributed by atoms with Gasteiger partial charge in [0.05, 0.1) is 6.54 Å². The zero-order valence-electron chi connectivity index (χ0n) is 9.12. The minimum atomic E-state index is -2.76. The van der Waals surface area contributed by atoms with Crippen LogP contribution < -0.4 is 0 Å². The molecule has 0 radical (unpaired) electrons. The summed E-state index contributed by atoms with van der Waals surface area (Å²) in [7, 11) is 0. The van der Waals surface area contributed by atoms with Crippen LogP contribution in [-0.2, 0) is 0 Å². The molecule has 4 heteroatoms. The van der Waals surface area contributed by atoms with E-state index in [2.05, 4.69) is 5.92 Å². The van der Waals surface area contributed by atoms with Crippen molar-refractivity contribution in [3.63, 3.8) is 0 Å². The molecular weight excluding hydrogens is 224 g/mol. The molecule has 0 atom stereocenters. The van der Waals surface area contributed by atoms with Crippen LogP contribution in [-0.4, -0.2) is 29.8 Å². The fraction of sp³-hybridized carbons (Fsp3) is 0.308. The van der Waals surface area contributed by atoms with Crippen molar-refractivity contribution in [3.05, 3.63) is 35.4 Å². The summed E-state index contributed by atoms with van der Waals surface area (Å²) in [4.78, 5) is 13.1. The van der Waals surface area contributed by atoms with E-state index in [-0.39, 0.29) is 18.9 Å². The molecule has 1 fully saturated rings. The first-order valence-corrected chi connectivity index (χ1v) is 5.26. The van der Waals surface area contributed by atoms with Gasteiger partial charge >= 0.3 is 0 Å². The van der Waals surface area contributed by atoms with Crippen LogP contribution in [0.3, 0.4) is 0 Å². The van der Waals surface area contributed by atoms with E-state index in [0.29, 0.717) is 11.1 Å². The second kappa shape index (κ2) is 4.17. The van der Waals surface area contributed by atoms with Gasteiger partial charge < -0.3 is 4.90 Å². The summed E-state index contributed by atoms with van der Waals surface area (Å²) >= 11 is 0. The van der Waals surface area contributed by atoms with Gasteiger partial charge in [-0.15, -0.1) is 6.42 Å². The number of halogens is 2. The zero-order chi connectivity index (χ0) is 12.5. The molecule has 0 N–H and O–H groups in total. The standard InChI is InChI=1S/C13H11F2NO/c1-2-10-4-3-5-11(8-10)12(17)16-7-6-13(14,15)9-16/h1,3-5,8H,6-7,9H2. The lowest BCUT2D eigenvalue weighted by Crippen LogP contribution is -2.31. The molecule has 0 unspecified atom stereocenters. The first kappa shape index (κ1) is 11.6. The lowest BCUT2D eigenvalue weighted by molar-refractivity contribution is 0.0120. The Bertz CT molecular complexity index is 490. The van der Waals surface area contributed by atoms with Gasteiger partial charge in [-0.1, -0.05) is 12.0 Å². The minimum absolute atomic E-state index is 0.0894. The Morgan fingerprint density at radius 1 is 1.47 bits per heavy atom. The molecule has 1 aromatic carbocycles. The number of terminal acetylenes is 1. The number of amides is 1. The molecule has 0 aromatic heterocycles. The Morgan fingerprint density at radius 3 is 2.82 bits per heavy atom. The van der Waals surface area contributed by atoms with Crippen molar-refractivity contribution in [3.8, 4) is 12.3 Å². The van der Waals surface area contributed by atoms with E-state index in [1.165, 1.54) is 0 Å². The van der Waals surface area contributed by atoms with Gasteiger partial charge in [-0.05, 0) is 18.2 Å². The van der Waals surface area contributed by atoms with E-state index < -0.39 is 12.5 Å². The summed E-state index contributed by atoms with van der Waals surface area (Å²) in [6, 6.07) is 6.46. The van der Waals surface area contributed by atoms with Crippen molar-refractivity contribution in [1.82, 2.24) is 4.90 Å². The number of benzene rings is 1. The van der Waals surface area contributed by atoms with E-state index in [0.717, 1.165) is 4.90 Å². The van der Waals surface area contributed by atoms with Gasteiger partial charge in [0.25, 0.3) is 11.8 Å². The average molecular weight is 235 g/mol. The summed E-state index contributed by atoms with van der Waals surface area (Å²) < 4.78 is 26.0. The van der Waals surface area contributed by atoms with Crippen molar-refractivity contribution in [2.45, 2.75) is 12.3 Å². The van der Waals surface area contributed by atoms with Gasteiger partial charge in [-0.25, -0.2) is 8.78 Å². The molecule has 0 saturated carbocycles. The Labute approximate surface area is 98.2 Å². The molecule has 88 valence electrons. The monoisotopic (exact) mass is 235 g/mol.